The number of amides is 1. The number of nitrogens with one attached hydrogen (secondary N) is 1. The Morgan fingerprint density at radius 2 is 1.83 bits per heavy atom. The molecule has 0 saturated heterocycles. The minimum absolute atomic E-state index is 0.136. The van der Waals surface area contributed by atoms with Gasteiger partial charge in [-0.15, -0.1) is 5.10 Å². The first-order valence-corrected chi connectivity index (χ1v) is 10.2. The molecule has 0 unspecified atom stereocenters. The van der Waals surface area contributed by atoms with Crippen molar-refractivity contribution in [3.63, 3.8) is 0 Å². The summed E-state index contributed by atoms with van der Waals surface area (Å²) in [4.78, 5) is 12.3. The molecule has 1 amide bonds. The largest absolute Gasteiger partial charge is 0.497 e. The molecule has 0 radical (unpaired) electrons. The minimum Gasteiger partial charge on any atom is -0.497 e. The van der Waals surface area contributed by atoms with Crippen molar-refractivity contribution in [3.05, 3.63) is 48.5 Å². The van der Waals surface area contributed by atoms with E-state index in [0.29, 0.717) is 17.1 Å². The average Bonchev–Trinajstić information content (AvgIpc) is 3.20. The van der Waals surface area contributed by atoms with Crippen LogP contribution in [0.15, 0.2) is 57.8 Å². The normalized spacial score (nSPS) is 11.1. The van der Waals surface area contributed by atoms with Crippen molar-refractivity contribution in [2.45, 2.75) is 11.3 Å². The van der Waals surface area contributed by atoms with E-state index in [1.807, 2.05) is 0 Å². The summed E-state index contributed by atoms with van der Waals surface area (Å²) in [5, 5.41) is 10.1. The molecule has 0 atom stereocenters. The number of ether oxygens (including phenoxy) is 2. The topological polar surface area (TPSA) is 121 Å². The summed E-state index contributed by atoms with van der Waals surface area (Å²) < 4.78 is 40.4. The first-order valence-electron chi connectivity index (χ1n) is 8.56. The van der Waals surface area contributed by atoms with Gasteiger partial charge in [0.25, 0.3) is 5.89 Å². The average molecular weight is 417 g/mol. The van der Waals surface area contributed by atoms with Crippen molar-refractivity contribution < 1.29 is 27.1 Å². The molecule has 0 aliphatic carbocycles. The van der Waals surface area contributed by atoms with Gasteiger partial charge in [-0.3, -0.25) is 10.1 Å². The Kier molecular flexibility index (Phi) is 6.13. The number of anilines is 1. The molecule has 10 heteroatoms. The number of carbonyl (C=O) groups excluding carboxylic acids is 1. The molecular weight excluding hydrogens is 398 g/mol. The predicted octanol–water partition coefficient (Wildman–Crippen LogP) is 2.56. The number of sulfone groups is 1. The molecular formula is C19H19N3O6S. The van der Waals surface area contributed by atoms with Gasteiger partial charge < -0.3 is 13.9 Å². The van der Waals surface area contributed by atoms with Gasteiger partial charge in [-0.2, -0.15) is 0 Å². The highest BCUT2D eigenvalue weighted by Crippen LogP contribution is 2.33. The lowest BCUT2D eigenvalue weighted by Crippen LogP contribution is -2.17. The maximum atomic E-state index is 12.2. The summed E-state index contributed by atoms with van der Waals surface area (Å²) in [6.07, 6.45) is -0.249. The van der Waals surface area contributed by atoms with Crippen LogP contribution >= 0.6 is 0 Å². The summed E-state index contributed by atoms with van der Waals surface area (Å²) in [5.74, 6) is 0.298. The molecule has 3 aromatic rings. The molecule has 0 spiro atoms. The molecule has 9 nitrogen and oxygen atoms in total. The van der Waals surface area contributed by atoms with Gasteiger partial charge in [-0.25, -0.2) is 8.42 Å². The second-order valence-corrected chi connectivity index (χ2v) is 8.02. The maximum absolute atomic E-state index is 12.2. The molecule has 1 aromatic heterocycles. The Hall–Kier alpha value is -3.40. The van der Waals surface area contributed by atoms with Gasteiger partial charge in [-0.05, 0) is 24.3 Å². The number of nitrogens with zero attached hydrogens (tertiary/aromatic N) is 2. The zero-order valence-electron chi connectivity index (χ0n) is 15.8. The first-order chi connectivity index (χ1) is 13.9. The molecule has 0 aliphatic heterocycles. The van der Waals surface area contributed by atoms with Crippen LogP contribution in [0.25, 0.3) is 11.5 Å². The highest BCUT2D eigenvalue weighted by atomic mass is 32.2. The fourth-order valence-electron chi connectivity index (χ4n) is 2.51. The van der Waals surface area contributed by atoms with E-state index < -0.39 is 15.7 Å². The zero-order valence-corrected chi connectivity index (χ0v) is 16.6. The molecule has 1 heterocycles. The molecule has 1 N–H and O–H groups in total. The van der Waals surface area contributed by atoms with Crippen molar-refractivity contribution in [2.24, 2.45) is 0 Å². The van der Waals surface area contributed by atoms with E-state index >= 15 is 0 Å². The van der Waals surface area contributed by atoms with E-state index in [1.54, 1.807) is 36.4 Å². The highest BCUT2D eigenvalue weighted by Gasteiger charge is 2.19. The predicted molar refractivity (Wildman–Crippen MR) is 105 cm³/mol. The molecule has 152 valence electrons. The number of methoxy groups -OCH3 is 2. The van der Waals surface area contributed by atoms with E-state index in [4.69, 9.17) is 13.9 Å². The Labute approximate surface area is 167 Å². The second kappa shape index (κ2) is 8.74. The number of hydrogen-bond donors (Lipinski definition) is 1. The second-order valence-electron chi connectivity index (χ2n) is 5.91. The van der Waals surface area contributed by atoms with Crippen LogP contribution in [0.2, 0.25) is 0 Å². The molecule has 0 aliphatic rings. The van der Waals surface area contributed by atoms with Gasteiger partial charge >= 0.3 is 6.01 Å². The van der Waals surface area contributed by atoms with Crippen LogP contribution in [0.4, 0.5) is 6.01 Å². The highest BCUT2D eigenvalue weighted by molar-refractivity contribution is 7.91. The molecule has 0 bridgehead atoms. The third kappa shape index (κ3) is 4.91. The number of benzene rings is 2. The third-order valence-electron chi connectivity index (χ3n) is 4.01. The summed E-state index contributed by atoms with van der Waals surface area (Å²) >= 11 is 0. The molecule has 3 rings (SSSR count). The zero-order chi connectivity index (χ0) is 20.9. The van der Waals surface area contributed by atoms with Crippen LogP contribution < -0.4 is 14.8 Å². The van der Waals surface area contributed by atoms with Crippen molar-refractivity contribution in [1.82, 2.24) is 10.2 Å². The van der Waals surface area contributed by atoms with Gasteiger partial charge in [0.15, 0.2) is 9.84 Å². The van der Waals surface area contributed by atoms with Crippen LogP contribution in [-0.4, -0.2) is 44.5 Å². The number of hydrogen-bond acceptors (Lipinski definition) is 8. The number of aromatic nitrogens is 2. The molecule has 0 fully saturated rings. The molecule has 0 saturated carbocycles. The van der Waals surface area contributed by atoms with Crippen molar-refractivity contribution in [3.8, 4) is 23.0 Å². The lowest BCUT2D eigenvalue weighted by atomic mass is 10.2. The molecule has 2 aromatic carbocycles. The van der Waals surface area contributed by atoms with Gasteiger partial charge in [0.2, 0.25) is 5.91 Å². The van der Waals surface area contributed by atoms with E-state index in [2.05, 4.69) is 15.5 Å². The fourth-order valence-corrected chi connectivity index (χ4v) is 3.77. The van der Waals surface area contributed by atoms with Crippen LogP contribution in [-0.2, 0) is 14.6 Å². The first kappa shape index (κ1) is 20.3. The van der Waals surface area contributed by atoms with E-state index in [9.17, 15) is 13.2 Å². The lowest BCUT2D eigenvalue weighted by Gasteiger charge is -2.07. The fraction of sp³-hybridized carbons (Fsp3) is 0.211. The summed E-state index contributed by atoms with van der Waals surface area (Å²) in [7, 11) is -0.532. The van der Waals surface area contributed by atoms with Gasteiger partial charge in [0.05, 0.1) is 30.4 Å². The monoisotopic (exact) mass is 417 g/mol. The van der Waals surface area contributed by atoms with Crippen LogP contribution in [0.3, 0.4) is 0 Å². The Morgan fingerprint density at radius 3 is 2.52 bits per heavy atom. The lowest BCUT2D eigenvalue weighted by molar-refractivity contribution is -0.115. The standard InChI is InChI=1S/C19H19N3O6S/c1-26-13-8-9-15(16(12-13)27-2)18-21-22-19(28-18)20-17(23)10-11-29(24,25)14-6-4-3-5-7-14/h3-9,12H,10-11H2,1-2H3,(H,20,22,23). The Morgan fingerprint density at radius 1 is 1.07 bits per heavy atom. The van der Waals surface area contributed by atoms with Crippen LogP contribution in [0.1, 0.15) is 6.42 Å². The SMILES string of the molecule is COc1ccc(-c2nnc(NC(=O)CCS(=O)(=O)c3ccccc3)o2)c(OC)c1. The smallest absolute Gasteiger partial charge is 0.322 e. The quantitative estimate of drug-likeness (QED) is 0.594. The number of carbonyl (C=O) groups is 1. The summed E-state index contributed by atoms with van der Waals surface area (Å²) in [5.41, 5.74) is 0.521. The van der Waals surface area contributed by atoms with Crippen molar-refractivity contribution >= 4 is 21.8 Å². The van der Waals surface area contributed by atoms with Gasteiger partial charge in [-0.1, -0.05) is 23.3 Å². The summed E-state index contributed by atoms with van der Waals surface area (Å²) in [6.45, 7) is 0. The van der Waals surface area contributed by atoms with Crippen molar-refractivity contribution in [1.29, 1.82) is 0 Å². The third-order valence-corrected chi connectivity index (χ3v) is 5.74. The maximum Gasteiger partial charge on any atom is 0.322 e. The van der Waals surface area contributed by atoms with Crippen molar-refractivity contribution in [2.75, 3.05) is 25.3 Å². The van der Waals surface area contributed by atoms with E-state index in [0.717, 1.165) is 0 Å². The Bertz CT molecular complexity index is 1100. The minimum atomic E-state index is -3.56. The Balaban J connectivity index is 1.65. The van der Waals surface area contributed by atoms with E-state index in [-0.39, 0.29) is 29.0 Å². The van der Waals surface area contributed by atoms with Crippen LogP contribution in [0, 0.1) is 0 Å². The number of rotatable bonds is 8. The molecule has 29 heavy (non-hydrogen) atoms. The van der Waals surface area contributed by atoms with Gasteiger partial charge in [0, 0.05) is 12.5 Å². The van der Waals surface area contributed by atoms with E-state index in [1.165, 1.54) is 26.4 Å². The van der Waals surface area contributed by atoms with Gasteiger partial charge in [0.1, 0.15) is 11.5 Å². The van der Waals surface area contributed by atoms with Crippen LogP contribution in [0.5, 0.6) is 11.5 Å². The summed E-state index contributed by atoms with van der Waals surface area (Å²) in [6, 6.07) is 12.8.